The molecule has 0 radical (unpaired) electrons. The Morgan fingerprint density at radius 1 is 1.00 bits per heavy atom. The second kappa shape index (κ2) is 8.83. The number of likely N-dealkylation sites (tertiary alicyclic amines) is 1. The van der Waals surface area contributed by atoms with Gasteiger partial charge in [0.1, 0.15) is 17.1 Å². The highest BCUT2D eigenvalue weighted by molar-refractivity contribution is 5.83. The molecule has 1 saturated heterocycles. The monoisotopic (exact) mass is 377 g/mol. The number of ether oxygens (including phenoxy) is 1. The average Bonchev–Trinajstić information content (AvgIpc) is 3.05. The maximum absolute atomic E-state index is 6.33. The summed E-state index contributed by atoms with van der Waals surface area (Å²) >= 11 is 0. The number of nitrogens with zero attached hydrogens (tertiary/aromatic N) is 1. The third-order valence-corrected chi connectivity index (χ3v) is 5.76. The smallest absolute Gasteiger partial charge is 0.134 e. The molecule has 0 atom stereocenters. The topological polar surface area (TPSA) is 25.6 Å². The molecule has 1 aliphatic rings. The first-order valence-corrected chi connectivity index (χ1v) is 10.7. The van der Waals surface area contributed by atoms with E-state index in [1.54, 1.807) is 0 Å². The lowest BCUT2D eigenvalue weighted by molar-refractivity contribution is 0.231. The zero-order valence-electron chi connectivity index (χ0n) is 17.2. The minimum Gasteiger partial charge on any atom is -0.494 e. The number of furan rings is 1. The molecular formula is C25H31NO2. The summed E-state index contributed by atoms with van der Waals surface area (Å²) in [7, 11) is 0. The normalized spacial score (nSPS) is 15.2. The molecule has 148 valence electrons. The maximum atomic E-state index is 6.33. The summed E-state index contributed by atoms with van der Waals surface area (Å²) in [5, 5.41) is 1.29. The van der Waals surface area contributed by atoms with Crippen LogP contribution >= 0.6 is 0 Å². The molecule has 2 heterocycles. The number of aryl methyl sites for hydroxylation is 1. The van der Waals surface area contributed by atoms with Crippen LogP contribution in [0.1, 0.15) is 48.6 Å². The molecule has 3 heteroatoms. The van der Waals surface area contributed by atoms with E-state index in [2.05, 4.69) is 54.3 Å². The molecule has 0 unspecified atom stereocenters. The summed E-state index contributed by atoms with van der Waals surface area (Å²) in [6.07, 6.45) is 5.94. The summed E-state index contributed by atoms with van der Waals surface area (Å²) in [4.78, 5) is 2.61. The summed E-state index contributed by atoms with van der Waals surface area (Å²) in [5.41, 5.74) is 4.96. The van der Waals surface area contributed by atoms with Crippen LogP contribution in [0.2, 0.25) is 0 Å². The largest absolute Gasteiger partial charge is 0.494 e. The van der Waals surface area contributed by atoms with Gasteiger partial charge in [0.25, 0.3) is 0 Å². The van der Waals surface area contributed by atoms with Crippen molar-refractivity contribution in [2.75, 3.05) is 26.2 Å². The van der Waals surface area contributed by atoms with Gasteiger partial charge in [-0.25, -0.2) is 0 Å². The molecule has 28 heavy (non-hydrogen) atoms. The van der Waals surface area contributed by atoms with Crippen LogP contribution in [0.5, 0.6) is 5.75 Å². The van der Waals surface area contributed by atoms with Gasteiger partial charge in [0, 0.05) is 23.9 Å². The molecule has 0 N–H and O–H groups in total. The molecule has 0 spiro atoms. The van der Waals surface area contributed by atoms with Crippen molar-refractivity contribution < 1.29 is 9.15 Å². The highest BCUT2D eigenvalue weighted by Crippen LogP contribution is 2.30. The second-order valence-corrected chi connectivity index (χ2v) is 7.91. The van der Waals surface area contributed by atoms with Crippen molar-refractivity contribution in [2.45, 2.75) is 46.0 Å². The van der Waals surface area contributed by atoms with Crippen molar-refractivity contribution in [1.82, 2.24) is 4.90 Å². The van der Waals surface area contributed by atoms with E-state index in [0.29, 0.717) is 6.61 Å². The van der Waals surface area contributed by atoms with Crippen LogP contribution in [-0.4, -0.2) is 31.1 Å². The van der Waals surface area contributed by atoms with Gasteiger partial charge < -0.3 is 14.1 Å². The van der Waals surface area contributed by atoms with E-state index in [4.69, 9.17) is 9.15 Å². The van der Waals surface area contributed by atoms with Gasteiger partial charge in [0.05, 0.1) is 6.61 Å². The highest BCUT2D eigenvalue weighted by atomic mass is 16.5. The molecular weight excluding hydrogens is 346 g/mol. The van der Waals surface area contributed by atoms with Crippen LogP contribution in [-0.2, 0) is 12.8 Å². The fourth-order valence-electron chi connectivity index (χ4n) is 4.24. The minimum atomic E-state index is 0.697. The van der Waals surface area contributed by atoms with Crippen molar-refractivity contribution >= 4 is 11.0 Å². The predicted molar refractivity (Wildman–Crippen MR) is 115 cm³/mol. The predicted octanol–water partition coefficient (Wildman–Crippen LogP) is 5.76. The Bertz CT molecular complexity index is 904. The standard InChI is InChI=1S/C25H31NO2/c1-3-27-21-10-8-20(9-11-21)18-25-22(13-16-26-14-5-4-6-15-26)23-17-19(2)7-12-24(23)28-25/h7-12,17H,3-6,13-16,18H2,1-2H3. The lowest BCUT2D eigenvalue weighted by atomic mass is 10.0. The first kappa shape index (κ1) is 19.1. The van der Waals surface area contributed by atoms with Gasteiger partial charge in [0.2, 0.25) is 0 Å². The van der Waals surface area contributed by atoms with Crippen LogP contribution in [0.15, 0.2) is 46.9 Å². The fourth-order valence-corrected chi connectivity index (χ4v) is 4.24. The Balaban J connectivity index is 1.58. The molecule has 4 rings (SSSR count). The summed E-state index contributed by atoms with van der Waals surface area (Å²) < 4.78 is 11.9. The lowest BCUT2D eigenvalue weighted by Crippen LogP contribution is -2.31. The van der Waals surface area contributed by atoms with Gasteiger partial charge in [-0.2, -0.15) is 0 Å². The Kier molecular flexibility index (Phi) is 6.01. The average molecular weight is 378 g/mol. The van der Waals surface area contributed by atoms with Gasteiger partial charge in [-0.05, 0) is 76.0 Å². The van der Waals surface area contributed by atoms with Gasteiger partial charge in [-0.1, -0.05) is 30.2 Å². The van der Waals surface area contributed by atoms with E-state index in [1.165, 1.54) is 54.4 Å². The zero-order valence-corrected chi connectivity index (χ0v) is 17.2. The van der Waals surface area contributed by atoms with Gasteiger partial charge in [-0.15, -0.1) is 0 Å². The molecule has 0 aliphatic carbocycles. The highest BCUT2D eigenvalue weighted by Gasteiger charge is 2.17. The lowest BCUT2D eigenvalue weighted by Gasteiger charge is -2.26. The SMILES string of the molecule is CCOc1ccc(Cc2oc3ccc(C)cc3c2CCN2CCCCC2)cc1. The Hall–Kier alpha value is -2.26. The number of rotatable bonds is 7. The number of hydrogen-bond donors (Lipinski definition) is 0. The summed E-state index contributed by atoms with van der Waals surface area (Å²) in [6, 6.07) is 15.0. The minimum absolute atomic E-state index is 0.697. The first-order chi connectivity index (χ1) is 13.7. The maximum Gasteiger partial charge on any atom is 0.134 e. The Morgan fingerprint density at radius 2 is 1.79 bits per heavy atom. The van der Waals surface area contributed by atoms with Crippen LogP contribution in [0.4, 0.5) is 0 Å². The first-order valence-electron chi connectivity index (χ1n) is 10.7. The molecule has 0 saturated carbocycles. The molecule has 1 aliphatic heterocycles. The second-order valence-electron chi connectivity index (χ2n) is 7.91. The fraction of sp³-hybridized carbons (Fsp3) is 0.440. The zero-order chi connectivity index (χ0) is 19.3. The van der Waals surface area contributed by atoms with Crippen molar-refractivity contribution in [3.8, 4) is 5.75 Å². The van der Waals surface area contributed by atoms with Crippen LogP contribution in [0.25, 0.3) is 11.0 Å². The molecule has 1 fully saturated rings. The molecule has 3 aromatic rings. The Labute approximate surface area is 168 Å². The van der Waals surface area contributed by atoms with Crippen molar-refractivity contribution in [1.29, 1.82) is 0 Å². The molecule has 0 bridgehead atoms. The van der Waals surface area contributed by atoms with E-state index >= 15 is 0 Å². The van der Waals surface area contributed by atoms with E-state index in [1.807, 2.05) is 6.92 Å². The van der Waals surface area contributed by atoms with E-state index in [0.717, 1.165) is 36.5 Å². The van der Waals surface area contributed by atoms with E-state index < -0.39 is 0 Å². The Morgan fingerprint density at radius 3 is 2.54 bits per heavy atom. The molecule has 2 aromatic carbocycles. The molecule has 3 nitrogen and oxygen atoms in total. The van der Waals surface area contributed by atoms with Crippen molar-refractivity contribution in [3.63, 3.8) is 0 Å². The van der Waals surface area contributed by atoms with Crippen LogP contribution < -0.4 is 4.74 Å². The molecule has 0 amide bonds. The van der Waals surface area contributed by atoms with Crippen LogP contribution in [0, 0.1) is 6.92 Å². The number of piperidine rings is 1. The van der Waals surface area contributed by atoms with Crippen molar-refractivity contribution in [2.24, 2.45) is 0 Å². The van der Waals surface area contributed by atoms with Crippen LogP contribution in [0.3, 0.4) is 0 Å². The third kappa shape index (κ3) is 4.41. The van der Waals surface area contributed by atoms with E-state index in [-0.39, 0.29) is 0 Å². The van der Waals surface area contributed by atoms with Gasteiger partial charge >= 0.3 is 0 Å². The van der Waals surface area contributed by atoms with E-state index in [9.17, 15) is 0 Å². The number of hydrogen-bond acceptors (Lipinski definition) is 3. The molecule has 1 aromatic heterocycles. The van der Waals surface area contributed by atoms with Crippen molar-refractivity contribution in [3.05, 3.63) is 64.9 Å². The third-order valence-electron chi connectivity index (χ3n) is 5.76. The number of fused-ring (bicyclic) bond motifs is 1. The summed E-state index contributed by atoms with van der Waals surface area (Å²) in [6.45, 7) is 8.47. The number of benzene rings is 2. The van der Waals surface area contributed by atoms with Gasteiger partial charge in [-0.3, -0.25) is 0 Å². The summed E-state index contributed by atoms with van der Waals surface area (Å²) in [5.74, 6) is 2.04. The quantitative estimate of drug-likeness (QED) is 0.523. The van der Waals surface area contributed by atoms with Gasteiger partial charge in [0.15, 0.2) is 0 Å².